The molecule has 0 heterocycles. The van der Waals surface area contributed by atoms with Crippen LogP contribution in [0.5, 0.6) is 0 Å². The van der Waals surface area contributed by atoms with Gasteiger partial charge >= 0.3 is 17.4 Å². The second-order valence-electron chi connectivity index (χ2n) is 10.1. The van der Waals surface area contributed by atoms with Gasteiger partial charge in [0, 0.05) is 5.71 Å². The molecule has 0 fully saturated rings. The Morgan fingerprint density at radius 3 is 1.44 bits per heavy atom. The zero-order valence-electron chi connectivity index (χ0n) is 24.4. The Labute approximate surface area is 231 Å². The molecule has 5 heteroatoms. The molecule has 2 aromatic carbocycles. The van der Waals surface area contributed by atoms with Crippen molar-refractivity contribution in [2.75, 3.05) is 6.61 Å². The molecule has 0 aliphatic carbocycles. The number of nitrogens with zero attached hydrogens (tertiary/aromatic N) is 2. The average Bonchev–Trinajstić information content (AvgIpc) is 2.73. The Kier molecular flexibility index (Phi) is 17.7. The summed E-state index contributed by atoms with van der Waals surface area (Å²) in [5, 5.41) is 14.0. The third kappa shape index (κ3) is 10.6. The van der Waals surface area contributed by atoms with Gasteiger partial charge in [0.05, 0.1) is 5.69 Å². The average molecular weight is 507 g/mol. The van der Waals surface area contributed by atoms with Crippen molar-refractivity contribution in [2.24, 2.45) is 4.99 Å². The molecule has 0 radical (unpaired) electrons. The largest absolute Gasteiger partial charge is 3.00 e. The Bertz CT molecular complexity index is 924. The van der Waals surface area contributed by atoms with E-state index in [9.17, 15) is 0 Å². The zero-order chi connectivity index (χ0) is 26.0. The smallest absolute Gasteiger partial charge is 0.870 e. The van der Waals surface area contributed by atoms with Crippen LogP contribution in [-0.2, 0) is 0 Å². The van der Waals surface area contributed by atoms with Gasteiger partial charge in [-0.3, -0.25) is 4.99 Å². The van der Waals surface area contributed by atoms with Crippen LogP contribution in [0, 0.1) is 0 Å². The molecule has 4 nitrogen and oxygen atoms in total. The maximum absolute atomic E-state index is 8.93. The number of rotatable bonds is 8. The summed E-state index contributed by atoms with van der Waals surface area (Å²) < 4.78 is 0. The van der Waals surface area contributed by atoms with Gasteiger partial charge in [0.25, 0.3) is 0 Å². The zero-order valence-corrected chi connectivity index (χ0v) is 25.5. The van der Waals surface area contributed by atoms with Gasteiger partial charge in [-0.15, -0.1) is 12.3 Å². The molecule has 0 aliphatic rings. The molecule has 0 saturated carbocycles. The first-order chi connectivity index (χ1) is 15.9. The minimum absolute atomic E-state index is 0. The van der Waals surface area contributed by atoms with Crippen molar-refractivity contribution in [3.8, 4) is 0 Å². The number of hydrogen-bond donors (Lipinski definition) is 0. The fourth-order valence-corrected chi connectivity index (χ4v) is 4.00. The van der Waals surface area contributed by atoms with Gasteiger partial charge in [-0.25, -0.2) is 0 Å². The van der Waals surface area contributed by atoms with Crippen LogP contribution in [0.2, 0.25) is 0 Å². The summed E-state index contributed by atoms with van der Waals surface area (Å²) in [6, 6.07) is 13.1. The number of benzene rings is 2. The summed E-state index contributed by atoms with van der Waals surface area (Å²) in [6.07, 6.45) is 2.11. The third-order valence-corrected chi connectivity index (χ3v) is 5.68. The van der Waals surface area contributed by atoms with Gasteiger partial charge in [0.1, 0.15) is 0 Å². The molecule has 196 valence electrons. The van der Waals surface area contributed by atoms with Crippen molar-refractivity contribution < 1.29 is 10.6 Å². The molecule has 0 aromatic heterocycles. The monoisotopic (exact) mass is 506 g/mol. The van der Waals surface area contributed by atoms with Gasteiger partial charge in [0.2, 0.25) is 0 Å². The van der Waals surface area contributed by atoms with Crippen molar-refractivity contribution in [3.05, 3.63) is 75.7 Å². The van der Waals surface area contributed by atoms with Crippen molar-refractivity contribution in [1.29, 1.82) is 0 Å². The summed E-state index contributed by atoms with van der Waals surface area (Å²) in [6.45, 7) is 23.6. The van der Waals surface area contributed by atoms with E-state index in [1.165, 1.54) is 22.3 Å². The van der Waals surface area contributed by atoms with E-state index in [4.69, 9.17) is 15.4 Å². The van der Waals surface area contributed by atoms with E-state index >= 15 is 0 Å². The molecule has 0 unspecified atom stereocenters. The standard InChI is InChI=1S/C29H41N2.C2H5O.Al.H2O/c1-18(2)24-13-11-14-25(19(3)4)28(24)30-22(9)17-23(10)31-29-26(20(5)6)15-12-16-27(29)21(7)8;1-2-3;;/h11-21H,1-10H3;2H2,1H3;;1H2/q2*-1;+3;/p-1/b22-17+,31-23?;;;. The number of para-hydroxylation sites is 2. The topological polar surface area (TPSA) is 79.5 Å². The molecule has 0 bridgehead atoms. The van der Waals surface area contributed by atoms with Crippen LogP contribution in [0.3, 0.4) is 0 Å². The molecule has 0 amide bonds. The molecular weight excluding hydrogens is 459 g/mol. The Hall–Kier alpha value is -1.90. The van der Waals surface area contributed by atoms with Crippen molar-refractivity contribution in [3.63, 3.8) is 0 Å². The summed E-state index contributed by atoms with van der Waals surface area (Å²) in [5.74, 6) is 1.75. The molecule has 0 spiro atoms. The minimum Gasteiger partial charge on any atom is -0.870 e. The SMILES string of the molecule is CC(/C=C(\C)[N-]c1c(C(C)C)cccc1C(C)C)=Nc1c(C(C)C)cccc1C(C)C.CC[O-].[Al+3].[OH-]. The molecule has 1 N–H and O–H groups in total. The maximum Gasteiger partial charge on any atom is 3.00 e. The summed E-state index contributed by atoms with van der Waals surface area (Å²) >= 11 is 0. The fourth-order valence-electron chi connectivity index (χ4n) is 4.00. The first-order valence-corrected chi connectivity index (χ1v) is 12.7. The predicted molar refractivity (Wildman–Crippen MR) is 157 cm³/mol. The van der Waals surface area contributed by atoms with E-state index in [0.29, 0.717) is 23.7 Å². The van der Waals surface area contributed by atoms with E-state index in [-0.39, 0.29) is 29.4 Å². The van der Waals surface area contributed by atoms with Crippen molar-refractivity contribution in [2.45, 2.75) is 99.8 Å². The normalized spacial score (nSPS) is 11.8. The first kappa shape index (κ1) is 36.3. The van der Waals surface area contributed by atoms with Gasteiger partial charge < -0.3 is 15.9 Å². The Morgan fingerprint density at radius 1 is 0.778 bits per heavy atom. The molecule has 0 aliphatic heterocycles. The minimum atomic E-state index is 0. The van der Waals surface area contributed by atoms with E-state index in [0.717, 1.165) is 22.8 Å². The fraction of sp³-hybridized carbons (Fsp3) is 0.516. The molecular formula is C31H47AlN2O2. The van der Waals surface area contributed by atoms with Crippen LogP contribution in [0.4, 0.5) is 11.4 Å². The quantitative estimate of drug-likeness (QED) is 0.265. The van der Waals surface area contributed by atoms with Gasteiger partial charge in [-0.2, -0.15) is 5.70 Å². The number of aliphatic imine (C=N–C) groups is 1. The summed E-state index contributed by atoms with van der Waals surface area (Å²) in [5.41, 5.74) is 9.45. The van der Waals surface area contributed by atoms with E-state index < -0.39 is 0 Å². The molecule has 2 rings (SSSR count). The second-order valence-corrected chi connectivity index (χ2v) is 10.1. The van der Waals surface area contributed by atoms with Gasteiger partial charge in [0.15, 0.2) is 0 Å². The molecule has 36 heavy (non-hydrogen) atoms. The van der Waals surface area contributed by atoms with Crippen LogP contribution in [0.25, 0.3) is 5.32 Å². The first-order valence-electron chi connectivity index (χ1n) is 12.7. The third-order valence-electron chi connectivity index (χ3n) is 5.68. The van der Waals surface area contributed by atoms with Crippen molar-refractivity contribution in [1.82, 2.24) is 0 Å². The van der Waals surface area contributed by atoms with Crippen LogP contribution >= 0.6 is 0 Å². The van der Waals surface area contributed by atoms with E-state index in [2.05, 4.69) is 112 Å². The molecule has 0 saturated heterocycles. The molecule has 0 atom stereocenters. The predicted octanol–water partition coefficient (Wildman–Crippen LogP) is 8.69. The van der Waals surface area contributed by atoms with Crippen LogP contribution in [-0.4, -0.2) is 35.2 Å². The Balaban J connectivity index is 0. The van der Waals surface area contributed by atoms with Crippen LogP contribution in [0.1, 0.15) is 122 Å². The summed E-state index contributed by atoms with van der Waals surface area (Å²) in [7, 11) is 0. The Morgan fingerprint density at radius 2 is 1.11 bits per heavy atom. The molecule has 2 aromatic rings. The van der Waals surface area contributed by atoms with Crippen LogP contribution in [0.15, 0.2) is 53.2 Å². The number of allylic oxidation sites excluding steroid dienone is 2. The van der Waals surface area contributed by atoms with Gasteiger partial charge in [-0.05, 0) is 41.7 Å². The second kappa shape index (κ2) is 17.5. The van der Waals surface area contributed by atoms with Crippen LogP contribution < -0.4 is 5.11 Å². The van der Waals surface area contributed by atoms with E-state index in [1.54, 1.807) is 6.92 Å². The van der Waals surface area contributed by atoms with Gasteiger partial charge in [-0.1, -0.05) is 123 Å². The number of hydrogen-bond acceptors (Lipinski definition) is 3. The summed E-state index contributed by atoms with van der Waals surface area (Å²) in [4.78, 5) is 5.08. The van der Waals surface area contributed by atoms with Crippen molar-refractivity contribution >= 4 is 34.4 Å². The maximum atomic E-state index is 8.93. The van der Waals surface area contributed by atoms with E-state index in [1.807, 2.05) is 0 Å².